The van der Waals surface area contributed by atoms with E-state index in [1.165, 1.54) is 13.8 Å². The molecule has 0 aliphatic carbocycles. The first-order chi connectivity index (χ1) is 20.2. The van der Waals surface area contributed by atoms with Crippen LogP contribution < -0.4 is 27.0 Å². The van der Waals surface area contributed by atoms with E-state index in [2.05, 4.69) is 26.3 Å². The van der Waals surface area contributed by atoms with Crippen LogP contribution in [-0.2, 0) is 40.0 Å². The molecule has 0 bridgehead atoms. The smallest absolute Gasteiger partial charge is 0.326 e. The SMILES string of the molecule is C[C@H](NC(=O)[C@H](CCC(=O)O)NC(=O)[C@H](C)NC(=O)[C@@H](N)CCC(=O)O)C(=O)N[C@@H](Cc1c[nH]c2ccccc12)C(=O)O. The average Bonchev–Trinajstić information content (AvgIpc) is 3.35. The van der Waals surface area contributed by atoms with Crippen LogP contribution in [0.4, 0.5) is 0 Å². The number of aromatic amines is 1. The summed E-state index contributed by atoms with van der Waals surface area (Å²) in [5.41, 5.74) is 7.07. The van der Waals surface area contributed by atoms with Crippen molar-refractivity contribution in [2.45, 2.75) is 76.2 Å². The van der Waals surface area contributed by atoms with Crippen LogP contribution in [0, 0.1) is 0 Å². The summed E-state index contributed by atoms with van der Waals surface area (Å²) in [5, 5.41) is 37.6. The van der Waals surface area contributed by atoms with Crippen LogP contribution in [0.3, 0.4) is 0 Å². The first-order valence-electron chi connectivity index (χ1n) is 13.4. The second-order valence-electron chi connectivity index (χ2n) is 9.96. The number of benzene rings is 1. The average molecular weight is 605 g/mol. The van der Waals surface area contributed by atoms with Crippen LogP contribution in [0.5, 0.6) is 0 Å². The number of hydrogen-bond donors (Lipinski definition) is 9. The number of aliphatic carboxylic acids is 3. The van der Waals surface area contributed by atoms with Gasteiger partial charge in [0.1, 0.15) is 24.2 Å². The Balaban J connectivity index is 2.02. The van der Waals surface area contributed by atoms with Gasteiger partial charge in [-0.3, -0.25) is 28.8 Å². The van der Waals surface area contributed by atoms with E-state index in [-0.39, 0.29) is 25.7 Å². The predicted octanol–water partition coefficient (Wildman–Crippen LogP) is -1.17. The quantitative estimate of drug-likeness (QED) is 0.104. The van der Waals surface area contributed by atoms with Crippen LogP contribution >= 0.6 is 0 Å². The molecule has 1 heterocycles. The summed E-state index contributed by atoms with van der Waals surface area (Å²) >= 11 is 0. The molecule has 2 aromatic rings. The summed E-state index contributed by atoms with van der Waals surface area (Å²) in [4.78, 5) is 87.3. The molecule has 16 nitrogen and oxygen atoms in total. The van der Waals surface area contributed by atoms with Crippen LogP contribution in [0.15, 0.2) is 30.5 Å². The van der Waals surface area contributed by atoms with Gasteiger partial charge in [-0.25, -0.2) is 4.79 Å². The number of fused-ring (bicyclic) bond motifs is 1. The summed E-state index contributed by atoms with van der Waals surface area (Å²) in [5.74, 6) is -7.14. The van der Waals surface area contributed by atoms with Gasteiger partial charge in [-0.15, -0.1) is 0 Å². The zero-order valence-electron chi connectivity index (χ0n) is 23.6. The van der Waals surface area contributed by atoms with Crippen LogP contribution in [0.2, 0.25) is 0 Å². The van der Waals surface area contributed by atoms with E-state index in [4.69, 9.17) is 15.9 Å². The Kier molecular flexibility index (Phi) is 12.6. The van der Waals surface area contributed by atoms with Crippen molar-refractivity contribution >= 4 is 52.4 Å². The van der Waals surface area contributed by atoms with E-state index >= 15 is 0 Å². The molecule has 0 saturated heterocycles. The molecule has 0 aliphatic rings. The predicted molar refractivity (Wildman–Crippen MR) is 150 cm³/mol. The van der Waals surface area contributed by atoms with Crippen LogP contribution in [0.1, 0.15) is 45.1 Å². The zero-order valence-corrected chi connectivity index (χ0v) is 23.6. The Morgan fingerprint density at radius 1 is 0.744 bits per heavy atom. The highest BCUT2D eigenvalue weighted by Gasteiger charge is 2.30. The molecule has 234 valence electrons. The van der Waals surface area contributed by atoms with E-state index in [1.807, 2.05) is 12.1 Å². The number of nitrogens with one attached hydrogen (secondary N) is 5. The first-order valence-corrected chi connectivity index (χ1v) is 13.4. The third-order valence-electron chi connectivity index (χ3n) is 6.50. The van der Waals surface area contributed by atoms with Gasteiger partial charge in [0.2, 0.25) is 23.6 Å². The fraction of sp³-hybridized carbons (Fsp3) is 0.444. The maximum Gasteiger partial charge on any atom is 0.326 e. The number of amides is 4. The Hall–Kier alpha value is -4.99. The van der Waals surface area contributed by atoms with Gasteiger partial charge in [-0.1, -0.05) is 18.2 Å². The molecule has 0 aliphatic heterocycles. The number of carbonyl (C=O) groups excluding carboxylic acids is 4. The van der Waals surface area contributed by atoms with Gasteiger partial charge in [0, 0.05) is 36.4 Å². The molecule has 0 spiro atoms. The van der Waals surface area contributed by atoms with Gasteiger partial charge < -0.3 is 47.3 Å². The number of hydrogen-bond acceptors (Lipinski definition) is 8. The van der Waals surface area contributed by atoms with Crippen molar-refractivity contribution in [2.75, 3.05) is 0 Å². The lowest BCUT2D eigenvalue weighted by Gasteiger charge is -2.24. The summed E-state index contributed by atoms with van der Waals surface area (Å²) < 4.78 is 0. The Morgan fingerprint density at radius 2 is 1.28 bits per heavy atom. The maximum atomic E-state index is 12.9. The van der Waals surface area contributed by atoms with Crippen molar-refractivity contribution in [1.29, 1.82) is 0 Å². The number of carboxylic acids is 3. The molecule has 43 heavy (non-hydrogen) atoms. The number of carboxylic acid groups (broad SMARTS) is 3. The number of H-pyrrole nitrogens is 1. The lowest BCUT2D eigenvalue weighted by molar-refractivity contribution is -0.142. The van der Waals surface area contributed by atoms with E-state index < -0.39 is 78.2 Å². The summed E-state index contributed by atoms with van der Waals surface area (Å²) in [6.07, 6.45) is 0.162. The number of para-hydroxylation sites is 1. The highest BCUT2D eigenvalue weighted by atomic mass is 16.4. The molecule has 0 saturated carbocycles. The monoisotopic (exact) mass is 604 g/mol. The second kappa shape index (κ2) is 15.9. The van der Waals surface area contributed by atoms with E-state index in [0.29, 0.717) is 5.56 Å². The summed E-state index contributed by atoms with van der Waals surface area (Å²) in [6, 6.07) is 0.746. The second-order valence-corrected chi connectivity index (χ2v) is 9.96. The van der Waals surface area contributed by atoms with E-state index in [0.717, 1.165) is 10.9 Å². The molecule has 0 unspecified atom stereocenters. The fourth-order valence-electron chi connectivity index (χ4n) is 4.03. The highest BCUT2D eigenvalue weighted by Crippen LogP contribution is 2.19. The van der Waals surface area contributed by atoms with Gasteiger partial charge in [0.15, 0.2) is 0 Å². The molecular weight excluding hydrogens is 568 g/mol. The van der Waals surface area contributed by atoms with Crippen LogP contribution in [0.25, 0.3) is 10.9 Å². The lowest BCUT2D eigenvalue weighted by atomic mass is 10.0. The zero-order chi connectivity index (χ0) is 32.3. The van der Waals surface area contributed by atoms with Crippen molar-refractivity contribution in [3.05, 3.63) is 36.0 Å². The van der Waals surface area contributed by atoms with Gasteiger partial charge >= 0.3 is 17.9 Å². The number of aromatic nitrogens is 1. The molecule has 10 N–H and O–H groups in total. The molecular formula is C27H36N6O10. The minimum absolute atomic E-state index is 0.0490. The normalized spacial score (nSPS) is 14.4. The van der Waals surface area contributed by atoms with E-state index in [9.17, 15) is 38.7 Å². The summed E-state index contributed by atoms with van der Waals surface area (Å²) in [7, 11) is 0. The lowest BCUT2D eigenvalue weighted by Crippen LogP contribution is -2.57. The molecule has 4 amide bonds. The van der Waals surface area contributed by atoms with Crippen molar-refractivity contribution in [1.82, 2.24) is 26.3 Å². The van der Waals surface area contributed by atoms with E-state index in [1.54, 1.807) is 18.3 Å². The Morgan fingerprint density at radius 3 is 1.86 bits per heavy atom. The van der Waals surface area contributed by atoms with Crippen molar-refractivity contribution in [2.24, 2.45) is 5.73 Å². The minimum atomic E-state index is -1.43. The molecule has 16 heteroatoms. The molecule has 2 rings (SSSR count). The van der Waals surface area contributed by atoms with Gasteiger partial charge in [-0.2, -0.15) is 0 Å². The Labute approximate surface area is 245 Å². The van der Waals surface area contributed by atoms with Crippen LogP contribution in [-0.4, -0.2) is 92.0 Å². The van der Waals surface area contributed by atoms with Crippen molar-refractivity contribution in [3.63, 3.8) is 0 Å². The van der Waals surface area contributed by atoms with Crippen molar-refractivity contribution < 1.29 is 48.9 Å². The largest absolute Gasteiger partial charge is 0.481 e. The number of nitrogens with two attached hydrogens (primary N) is 1. The Bertz CT molecular complexity index is 1360. The van der Waals surface area contributed by atoms with Gasteiger partial charge in [0.25, 0.3) is 0 Å². The molecule has 0 fully saturated rings. The maximum absolute atomic E-state index is 12.9. The van der Waals surface area contributed by atoms with Gasteiger partial charge in [0.05, 0.1) is 6.04 Å². The number of carbonyl (C=O) groups is 7. The standard InChI is InChI=1S/C27H36N6O10/c1-13(30-25(40)17(28)7-9-21(34)35)23(38)32-19(8-10-22(36)37)26(41)31-14(2)24(39)33-20(27(42)43)11-15-12-29-18-6-4-3-5-16(15)18/h3-6,12-14,17,19-20,29H,7-11,28H2,1-2H3,(H,30,40)(H,31,41)(H,32,38)(H,33,39)(H,34,35)(H,36,37)(H,42,43)/t13-,14-,17-,19-,20-/m0/s1. The molecule has 5 atom stereocenters. The van der Waals surface area contributed by atoms with Gasteiger partial charge in [-0.05, 0) is 38.3 Å². The summed E-state index contributed by atoms with van der Waals surface area (Å²) in [6.45, 7) is 2.56. The third-order valence-corrected chi connectivity index (χ3v) is 6.50. The number of rotatable bonds is 17. The minimum Gasteiger partial charge on any atom is -0.481 e. The van der Waals surface area contributed by atoms with Crippen molar-refractivity contribution in [3.8, 4) is 0 Å². The fourth-order valence-corrected chi connectivity index (χ4v) is 4.03. The molecule has 0 radical (unpaired) electrons. The third kappa shape index (κ3) is 10.7. The molecule has 1 aromatic carbocycles. The highest BCUT2D eigenvalue weighted by molar-refractivity contribution is 5.95. The topological polar surface area (TPSA) is 270 Å². The molecule has 1 aromatic heterocycles. The first kappa shape index (κ1) is 34.2.